The van der Waals surface area contributed by atoms with E-state index in [9.17, 15) is 0 Å². The van der Waals surface area contributed by atoms with Gasteiger partial charge in [0.05, 0.1) is 0 Å². The minimum Gasteiger partial charge on any atom is -0.360 e. The maximum atomic E-state index is 4.82. The maximum absolute atomic E-state index is 4.82. The summed E-state index contributed by atoms with van der Waals surface area (Å²) in [4.78, 5) is 7.11. The van der Waals surface area contributed by atoms with Crippen LogP contribution in [0.1, 0.15) is 57.2 Å². The van der Waals surface area contributed by atoms with Crippen molar-refractivity contribution in [2.45, 2.75) is 65.0 Å². The van der Waals surface area contributed by atoms with Crippen molar-refractivity contribution in [1.29, 1.82) is 0 Å². The Morgan fingerprint density at radius 2 is 2.05 bits per heavy atom. The lowest BCUT2D eigenvalue weighted by Gasteiger charge is -2.20. The minimum absolute atomic E-state index is 0.763. The molecule has 1 aliphatic rings. The number of aromatic nitrogens is 1. The summed E-state index contributed by atoms with van der Waals surface area (Å²) in [5, 5.41) is 3.61. The molecule has 3 nitrogen and oxygen atoms in total. The van der Waals surface area contributed by atoms with Crippen molar-refractivity contribution in [3.05, 3.63) is 23.4 Å². The van der Waals surface area contributed by atoms with Crippen LogP contribution in [0.2, 0.25) is 0 Å². The standard InChI is InChI=1S/C17H29N3/c1-4-6-10-20(3)17-12-14(13-18-15-8-9-15)11-16(19-17)7-5-2/h11-12,15,18H,4-10,13H2,1-3H3. The smallest absolute Gasteiger partial charge is 0.128 e. The van der Waals surface area contributed by atoms with Crippen molar-refractivity contribution in [3.8, 4) is 0 Å². The molecule has 0 unspecified atom stereocenters. The highest BCUT2D eigenvalue weighted by Crippen LogP contribution is 2.21. The van der Waals surface area contributed by atoms with Crippen LogP contribution in [-0.2, 0) is 13.0 Å². The van der Waals surface area contributed by atoms with Crippen molar-refractivity contribution >= 4 is 5.82 Å². The van der Waals surface area contributed by atoms with Gasteiger partial charge >= 0.3 is 0 Å². The van der Waals surface area contributed by atoms with E-state index in [1.165, 1.54) is 36.9 Å². The third kappa shape index (κ3) is 4.78. The van der Waals surface area contributed by atoms with E-state index in [4.69, 9.17) is 4.98 Å². The Kier molecular flexibility index (Phi) is 5.84. The number of unbranched alkanes of at least 4 members (excludes halogenated alkanes) is 1. The van der Waals surface area contributed by atoms with Crippen LogP contribution >= 0.6 is 0 Å². The molecule has 1 aromatic rings. The number of anilines is 1. The monoisotopic (exact) mass is 275 g/mol. The van der Waals surface area contributed by atoms with Gasteiger partial charge in [-0.2, -0.15) is 0 Å². The van der Waals surface area contributed by atoms with E-state index in [2.05, 4.69) is 43.2 Å². The molecule has 1 fully saturated rings. The summed E-state index contributed by atoms with van der Waals surface area (Å²) in [6.07, 6.45) is 7.38. The van der Waals surface area contributed by atoms with Gasteiger partial charge in [-0.1, -0.05) is 26.7 Å². The molecule has 112 valence electrons. The van der Waals surface area contributed by atoms with E-state index in [0.717, 1.165) is 37.8 Å². The Balaban J connectivity index is 2.06. The van der Waals surface area contributed by atoms with E-state index in [-0.39, 0.29) is 0 Å². The van der Waals surface area contributed by atoms with Crippen LogP contribution < -0.4 is 10.2 Å². The summed E-state index contributed by atoms with van der Waals surface area (Å²) < 4.78 is 0. The van der Waals surface area contributed by atoms with E-state index in [1.54, 1.807) is 0 Å². The first-order valence-corrected chi connectivity index (χ1v) is 8.17. The zero-order chi connectivity index (χ0) is 14.4. The molecule has 0 spiro atoms. The van der Waals surface area contributed by atoms with Gasteiger partial charge in [0.1, 0.15) is 5.82 Å². The fraction of sp³-hybridized carbons (Fsp3) is 0.706. The van der Waals surface area contributed by atoms with Gasteiger partial charge in [-0.05, 0) is 43.4 Å². The summed E-state index contributed by atoms with van der Waals surface area (Å²) in [6, 6.07) is 5.29. The van der Waals surface area contributed by atoms with E-state index in [1.807, 2.05) is 0 Å². The molecule has 20 heavy (non-hydrogen) atoms. The van der Waals surface area contributed by atoms with Crippen molar-refractivity contribution in [1.82, 2.24) is 10.3 Å². The highest BCUT2D eigenvalue weighted by molar-refractivity contribution is 5.42. The molecule has 1 aliphatic carbocycles. The number of hydrogen-bond donors (Lipinski definition) is 1. The molecule has 0 saturated heterocycles. The van der Waals surface area contributed by atoms with E-state index < -0.39 is 0 Å². The fourth-order valence-electron chi connectivity index (χ4n) is 2.37. The molecule has 0 amide bonds. The Hall–Kier alpha value is -1.09. The van der Waals surface area contributed by atoms with Gasteiger partial charge in [-0.15, -0.1) is 0 Å². The average molecular weight is 275 g/mol. The van der Waals surface area contributed by atoms with Crippen molar-refractivity contribution < 1.29 is 0 Å². The van der Waals surface area contributed by atoms with Crippen LogP contribution in [-0.4, -0.2) is 24.6 Å². The predicted octanol–water partition coefficient (Wildman–Crippen LogP) is 3.52. The molecule has 0 aromatic carbocycles. The topological polar surface area (TPSA) is 28.2 Å². The van der Waals surface area contributed by atoms with Crippen LogP contribution in [0, 0.1) is 0 Å². The first kappa shape index (κ1) is 15.3. The third-order valence-corrected chi connectivity index (χ3v) is 3.84. The van der Waals surface area contributed by atoms with Crippen LogP contribution in [0.5, 0.6) is 0 Å². The maximum Gasteiger partial charge on any atom is 0.128 e. The second kappa shape index (κ2) is 7.63. The number of aryl methyl sites for hydroxylation is 1. The lowest BCUT2D eigenvalue weighted by atomic mass is 10.1. The predicted molar refractivity (Wildman–Crippen MR) is 86.3 cm³/mol. The number of rotatable bonds is 9. The molecule has 1 heterocycles. The Morgan fingerprint density at radius 1 is 1.25 bits per heavy atom. The molecule has 0 bridgehead atoms. The molecule has 1 aromatic heterocycles. The lowest BCUT2D eigenvalue weighted by Crippen LogP contribution is -2.21. The first-order valence-electron chi connectivity index (χ1n) is 8.17. The SMILES string of the molecule is CCCCN(C)c1cc(CNC2CC2)cc(CCC)n1. The number of hydrogen-bond acceptors (Lipinski definition) is 3. The number of nitrogens with zero attached hydrogens (tertiary/aromatic N) is 2. The highest BCUT2D eigenvalue weighted by atomic mass is 15.2. The first-order chi connectivity index (χ1) is 9.72. The molecule has 2 rings (SSSR count). The summed E-state index contributed by atoms with van der Waals surface area (Å²) in [5.74, 6) is 1.14. The Bertz CT molecular complexity index is 413. The number of nitrogens with one attached hydrogen (secondary N) is 1. The van der Waals surface area contributed by atoms with Crippen LogP contribution in [0.4, 0.5) is 5.82 Å². The average Bonchev–Trinajstić information content (AvgIpc) is 3.27. The summed E-state index contributed by atoms with van der Waals surface area (Å²) in [7, 11) is 2.16. The second-order valence-electron chi connectivity index (χ2n) is 6.01. The fourth-order valence-corrected chi connectivity index (χ4v) is 2.37. The molecular weight excluding hydrogens is 246 g/mol. The zero-order valence-electron chi connectivity index (χ0n) is 13.3. The van der Waals surface area contributed by atoms with Gasteiger partial charge in [-0.3, -0.25) is 0 Å². The summed E-state index contributed by atoms with van der Waals surface area (Å²) >= 11 is 0. The molecule has 0 radical (unpaired) electrons. The zero-order valence-corrected chi connectivity index (χ0v) is 13.3. The summed E-state index contributed by atoms with van der Waals surface area (Å²) in [5.41, 5.74) is 2.62. The van der Waals surface area contributed by atoms with Gasteiger partial charge < -0.3 is 10.2 Å². The van der Waals surface area contributed by atoms with Gasteiger partial charge in [-0.25, -0.2) is 4.98 Å². The molecular formula is C17H29N3. The second-order valence-corrected chi connectivity index (χ2v) is 6.01. The normalized spacial score (nSPS) is 14.6. The Labute approximate surface area is 123 Å². The van der Waals surface area contributed by atoms with E-state index >= 15 is 0 Å². The van der Waals surface area contributed by atoms with Crippen molar-refractivity contribution in [3.63, 3.8) is 0 Å². The van der Waals surface area contributed by atoms with Crippen LogP contribution in [0.25, 0.3) is 0 Å². The van der Waals surface area contributed by atoms with Gasteiger partial charge in [0, 0.05) is 31.9 Å². The van der Waals surface area contributed by atoms with Crippen LogP contribution in [0.15, 0.2) is 12.1 Å². The number of pyridine rings is 1. The summed E-state index contributed by atoms with van der Waals surface area (Å²) in [6.45, 7) is 6.53. The van der Waals surface area contributed by atoms with E-state index in [0.29, 0.717) is 0 Å². The minimum atomic E-state index is 0.763. The van der Waals surface area contributed by atoms with Gasteiger partial charge in [0.25, 0.3) is 0 Å². The quantitative estimate of drug-likeness (QED) is 0.747. The van der Waals surface area contributed by atoms with Gasteiger partial charge in [0.2, 0.25) is 0 Å². The molecule has 1 N–H and O–H groups in total. The molecule has 0 aliphatic heterocycles. The third-order valence-electron chi connectivity index (χ3n) is 3.84. The van der Waals surface area contributed by atoms with Crippen LogP contribution in [0.3, 0.4) is 0 Å². The van der Waals surface area contributed by atoms with Crippen molar-refractivity contribution in [2.75, 3.05) is 18.5 Å². The van der Waals surface area contributed by atoms with Gasteiger partial charge in [0.15, 0.2) is 0 Å². The molecule has 0 atom stereocenters. The molecule has 1 saturated carbocycles. The Morgan fingerprint density at radius 3 is 2.70 bits per heavy atom. The molecule has 3 heteroatoms. The van der Waals surface area contributed by atoms with Crippen molar-refractivity contribution in [2.24, 2.45) is 0 Å². The highest BCUT2D eigenvalue weighted by Gasteiger charge is 2.20. The lowest BCUT2D eigenvalue weighted by molar-refractivity contribution is 0.684. The largest absolute Gasteiger partial charge is 0.360 e.